The Labute approximate surface area is 207 Å². The Bertz CT molecular complexity index is 1420. The summed E-state index contributed by atoms with van der Waals surface area (Å²) in [6.45, 7) is 1.56. The molecule has 36 heavy (non-hydrogen) atoms. The van der Waals surface area contributed by atoms with E-state index in [9.17, 15) is 14.4 Å². The molecule has 1 heterocycles. The Kier molecular flexibility index (Phi) is 7.65. The lowest BCUT2D eigenvalue weighted by Gasteiger charge is -2.11. The SMILES string of the molecule is CCOC(=O)c1oc2cc(OCC(=O)OCc3ccccc3)ccc2c(=O)c1-c1ccc(OC)cc1. The quantitative estimate of drug-likeness (QED) is 0.311. The van der Waals surface area contributed by atoms with Crippen LogP contribution in [0.2, 0.25) is 0 Å². The number of fused-ring (bicyclic) bond motifs is 1. The van der Waals surface area contributed by atoms with E-state index in [0.29, 0.717) is 11.3 Å². The van der Waals surface area contributed by atoms with Crippen LogP contribution in [-0.2, 0) is 20.9 Å². The molecule has 0 saturated carbocycles. The van der Waals surface area contributed by atoms with E-state index in [1.807, 2.05) is 30.3 Å². The van der Waals surface area contributed by atoms with E-state index < -0.39 is 17.4 Å². The average Bonchev–Trinajstić information content (AvgIpc) is 2.91. The van der Waals surface area contributed by atoms with Gasteiger partial charge in [-0.15, -0.1) is 0 Å². The van der Waals surface area contributed by atoms with Crippen LogP contribution in [0, 0.1) is 0 Å². The number of ether oxygens (including phenoxy) is 4. The molecule has 0 aliphatic carbocycles. The molecule has 8 heteroatoms. The van der Waals surface area contributed by atoms with E-state index in [1.54, 1.807) is 37.3 Å². The van der Waals surface area contributed by atoms with Crippen molar-refractivity contribution in [1.82, 2.24) is 0 Å². The largest absolute Gasteiger partial charge is 0.497 e. The molecule has 0 spiro atoms. The Morgan fingerprint density at radius 1 is 0.889 bits per heavy atom. The van der Waals surface area contributed by atoms with Gasteiger partial charge in [0.25, 0.3) is 0 Å². The molecule has 0 radical (unpaired) electrons. The fourth-order valence-corrected chi connectivity index (χ4v) is 3.55. The van der Waals surface area contributed by atoms with Gasteiger partial charge < -0.3 is 23.4 Å². The summed E-state index contributed by atoms with van der Waals surface area (Å²) in [6.07, 6.45) is 0. The minimum atomic E-state index is -0.766. The van der Waals surface area contributed by atoms with Crippen molar-refractivity contribution in [2.24, 2.45) is 0 Å². The fourth-order valence-electron chi connectivity index (χ4n) is 3.55. The second kappa shape index (κ2) is 11.2. The summed E-state index contributed by atoms with van der Waals surface area (Å²) in [6, 6.07) is 20.5. The molecule has 0 aliphatic rings. The van der Waals surface area contributed by atoms with E-state index in [1.165, 1.54) is 19.2 Å². The third kappa shape index (κ3) is 5.55. The number of hydrogen-bond donors (Lipinski definition) is 0. The van der Waals surface area contributed by atoms with Crippen molar-refractivity contribution in [1.29, 1.82) is 0 Å². The zero-order chi connectivity index (χ0) is 25.5. The summed E-state index contributed by atoms with van der Waals surface area (Å²) >= 11 is 0. The number of methoxy groups -OCH3 is 1. The molecule has 0 fully saturated rings. The zero-order valence-corrected chi connectivity index (χ0v) is 19.8. The van der Waals surface area contributed by atoms with Gasteiger partial charge in [0, 0.05) is 6.07 Å². The second-order valence-electron chi connectivity index (χ2n) is 7.68. The molecule has 184 valence electrons. The lowest BCUT2D eigenvalue weighted by Crippen LogP contribution is -2.16. The Morgan fingerprint density at radius 2 is 1.61 bits per heavy atom. The summed E-state index contributed by atoms with van der Waals surface area (Å²) in [5.74, 6) is -0.667. The lowest BCUT2D eigenvalue weighted by atomic mass is 10.0. The molecule has 0 N–H and O–H groups in total. The summed E-state index contributed by atoms with van der Waals surface area (Å²) < 4.78 is 26.9. The average molecular weight is 488 g/mol. The van der Waals surface area contributed by atoms with E-state index >= 15 is 0 Å². The first-order valence-electron chi connectivity index (χ1n) is 11.2. The van der Waals surface area contributed by atoms with E-state index in [4.69, 9.17) is 23.4 Å². The molecule has 4 aromatic rings. The Hall–Kier alpha value is -4.59. The van der Waals surface area contributed by atoms with Crippen LogP contribution in [0.3, 0.4) is 0 Å². The molecule has 0 aliphatic heterocycles. The van der Waals surface area contributed by atoms with Gasteiger partial charge in [-0.05, 0) is 42.3 Å². The van der Waals surface area contributed by atoms with Crippen molar-refractivity contribution in [3.05, 3.63) is 94.3 Å². The molecule has 0 saturated heterocycles. The van der Waals surface area contributed by atoms with Crippen molar-refractivity contribution in [2.45, 2.75) is 13.5 Å². The molecule has 1 aromatic heterocycles. The highest BCUT2D eigenvalue weighted by molar-refractivity contribution is 5.97. The third-order valence-electron chi connectivity index (χ3n) is 5.30. The predicted molar refractivity (Wildman–Crippen MR) is 132 cm³/mol. The van der Waals surface area contributed by atoms with Crippen LogP contribution in [0.25, 0.3) is 22.1 Å². The maximum absolute atomic E-state index is 13.4. The number of benzene rings is 3. The van der Waals surface area contributed by atoms with Gasteiger partial charge in [0.2, 0.25) is 11.2 Å². The highest BCUT2D eigenvalue weighted by Gasteiger charge is 2.23. The van der Waals surface area contributed by atoms with Crippen LogP contribution >= 0.6 is 0 Å². The third-order valence-corrected chi connectivity index (χ3v) is 5.30. The fraction of sp³-hybridized carbons (Fsp3) is 0.179. The lowest BCUT2D eigenvalue weighted by molar-refractivity contribution is -0.147. The molecule has 3 aromatic carbocycles. The molecule has 8 nitrogen and oxygen atoms in total. The van der Waals surface area contributed by atoms with Gasteiger partial charge in [0.05, 0.1) is 24.7 Å². The molecular weight excluding hydrogens is 464 g/mol. The second-order valence-corrected chi connectivity index (χ2v) is 7.68. The maximum atomic E-state index is 13.4. The highest BCUT2D eigenvalue weighted by Crippen LogP contribution is 2.28. The minimum absolute atomic E-state index is 0.0850. The standard InChI is InChI=1S/C28H24O8/c1-3-33-28(31)27-25(19-9-11-20(32-2)12-10-19)26(30)22-14-13-21(15-23(22)36-27)34-17-24(29)35-16-18-7-5-4-6-8-18/h4-15H,3,16-17H2,1-2H3. The smallest absolute Gasteiger partial charge is 0.375 e. The first kappa shape index (κ1) is 24.5. The molecule has 4 rings (SSSR count). The van der Waals surface area contributed by atoms with Crippen LogP contribution in [-0.4, -0.2) is 32.3 Å². The summed E-state index contributed by atoms with van der Waals surface area (Å²) in [5.41, 5.74) is 1.14. The van der Waals surface area contributed by atoms with Gasteiger partial charge in [-0.3, -0.25) is 4.79 Å². The first-order valence-corrected chi connectivity index (χ1v) is 11.2. The van der Waals surface area contributed by atoms with Crippen LogP contribution in [0.4, 0.5) is 0 Å². The maximum Gasteiger partial charge on any atom is 0.375 e. The van der Waals surface area contributed by atoms with Gasteiger partial charge in [-0.25, -0.2) is 9.59 Å². The summed E-state index contributed by atoms with van der Waals surface area (Å²) in [4.78, 5) is 38.2. The summed E-state index contributed by atoms with van der Waals surface area (Å²) in [7, 11) is 1.53. The van der Waals surface area contributed by atoms with Crippen molar-refractivity contribution in [3.8, 4) is 22.6 Å². The van der Waals surface area contributed by atoms with Crippen LogP contribution in [0.15, 0.2) is 82.0 Å². The zero-order valence-electron chi connectivity index (χ0n) is 19.8. The van der Waals surface area contributed by atoms with Crippen LogP contribution in [0.5, 0.6) is 11.5 Å². The molecule has 0 unspecified atom stereocenters. The van der Waals surface area contributed by atoms with Gasteiger partial charge in [-0.2, -0.15) is 0 Å². The molecule has 0 amide bonds. The van der Waals surface area contributed by atoms with Gasteiger partial charge in [0.15, 0.2) is 6.61 Å². The molecule has 0 atom stereocenters. The van der Waals surface area contributed by atoms with Gasteiger partial charge >= 0.3 is 11.9 Å². The number of hydrogen-bond acceptors (Lipinski definition) is 8. The number of carbonyl (C=O) groups is 2. The number of carbonyl (C=O) groups excluding carboxylic acids is 2. The topological polar surface area (TPSA) is 101 Å². The van der Waals surface area contributed by atoms with Crippen LogP contribution in [0.1, 0.15) is 23.0 Å². The monoisotopic (exact) mass is 488 g/mol. The van der Waals surface area contributed by atoms with Crippen LogP contribution < -0.4 is 14.9 Å². The van der Waals surface area contributed by atoms with Crippen molar-refractivity contribution in [3.63, 3.8) is 0 Å². The minimum Gasteiger partial charge on any atom is -0.497 e. The Balaban J connectivity index is 1.60. The van der Waals surface area contributed by atoms with Gasteiger partial charge in [0.1, 0.15) is 23.7 Å². The normalized spacial score (nSPS) is 10.6. The van der Waals surface area contributed by atoms with E-state index in [-0.39, 0.29) is 47.9 Å². The number of esters is 2. The van der Waals surface area contributed by atoms with E-state index in [2.05, 4.69) is 0 Å². The number of rotatable bonds is 9. The van der Waals surface area contributed by atoms with Gasteiger partial charge in [-0.1, -0.05) is 42.5 Å². The first-order chi connectivity index (χ1) is 17.5. The molecular formula is C28H24O8. The highest BCUT2D eigenvalue weighted by atomic mass is 16.6. The Morgan fingerprint density at radius 3 is 2.31 bits per heavy atom. The van der Waals surface area contributed by atoms with Crippen molar-refractivity contribution >= 4 is 22.9 Å². The predicted octanol–water partition coefficient (Wildman–Crippen LogP) is 4.77. The van der Waals surface area contributed by atoms with Crippen molar-refractivity contribution in [2.75, 3.05) is 20.3 Å². The summed E-state index contributed by atoms with van der Waals surface area (Å²) in [5, 5.41) is 0.243. The molecule has 0 bridgehead atoms. The van der Waals surface area contributed by atoms with Crippen molar-refractivity contribution < 1.29 is 33.0 Å². The van der Waals surface area contributed by atoms with E-state index in [0.717, 1.165) is 5.56 Å².